The first-order chi connectivity index (χ1) is 11.5. The van der Waals surface area contributed by atoms with E-state index in [0.717, 1.165) is 11.1 Å². The molecule has 2 aromatic carbocycles. The molecule has 1 aliphatic rings. The molecule has 0 nitrogen and oxygen atoms in total. The van der Waals surface area contributed by atoms with Crippen LogP contribution < -0.4 is 0 Å². The second-order valence-corrected chi connectivity index (χ2v) is 8.64. The Morgan fingerprint density at radius 2 is 1.21 bits per heavy atom. The van der Waals surface area contributed by atoms with Crippen LogP contribution in [0.25, 0.3) is 0 Å². The summed E-state index contributed by atoms with van der Waals surface area (Å²) in [5.41, 5.74) is 3.32. The largest absolute Gasteiger partial charge is 0.120 e. The highest BCUT2D eigenvalue weighted by Gasteiger charge is 2.18. The highest BCUT2D eigenvalue weighted by molar-refractivity contribution is 8.00. The van der Waals surface area contributed by atoms with Crippen LogP contribution >= 0.6 is 11.8 Å². The third-order valence-electron chi connectivity index (χ3n) is 3.51. The summed E-state index contributed by atoms with van der Waals surface area (Å²) in [5.74, 6) is 7.74. The van der Waals surface area contributed by atoms with Crippen LogP contribution in [0.5, 0.6) is 0 Å². The molecule has 3 rings (SSSR count). The molecule has 0 atom stereocenters. The zero-order valence-electron chi connectivity index (χ0n) is 14.3. The van der Waals surface area contributed by atoms with Crippen molar-refractivity contribution >= 4 is 11.8 Å². The number of hydrogen-bond donors (Lipinski definition) is 0. The van der Waals surface area contributed by atoms with E-state index in [1.165, 1.54) is 16.4 Å². The minimum atomic E-state index is 0.233. The summed E-state index contributed by atoms with van der Waals surface area (Å²) >= 11 is 1.88. The van der Waals surface area contributed by atoms with Crippen LogP contribution in [-0.4, -0.2) is 4.75 Å². The molecule has 119 valence electrons. The predicted octanol–water partition coefficient (Wildman–Crippen LogP) is 5.73. The van der Waals surface area contributed by atoms with Crippen molar-refractivity contribution in [3.63, 3.8) is 0 Å². The summed E-state index contributed by atoms with van der Waals surface area (Å²) in [6.07, 6.45) is 8.37. The topological polar surface area (TPSA) is 0 Å². The Morgan fingerprint density at radius 3 is 1.71 bits per heavy atom. The molecule has 1 saturated carbocycles. The van der Waals surface area contributed by atoms with Gasteiger partial charge in [-0.1, -0.05) is 44.7 Å². The molecule has 0 aromatic heterocycles. The lowest BCUT2D eigenvalue weighted by Gasteiger charge is -2.17. The summed E-state index contributed by atoms with van der Waals surface area (Å²) in [6, 6.07) is 16.9. The molecule has 0 amide bonds. The first kappa shape index (κ1) is 17.2. The first-order valence-corrected chi connectivity index (χ1v) is 8.94. The lowest BCUT2D eigenvalue weighted by Crippen LogP contribution is -2.06. The lowest BCUT2D eigenvalue weighted by atomic mass is 9.97. The van der Waals surface area contributed by atoms with Crippen molar-refractivity contribution in [2.45, 2.75) is 30.4 Å². The molecule has 0 aliphatic heterocycles. The zero-order chi connectivity index (χ0) is 17.0. The molecule has 24 heavy (non-hydrogen) atoms. The Morgan fingerprint density at radius 1 is 0.708 bits per heavy atom. The van der Waals surface area contributed by atoms with E-state index in [9.17, 15) is 0 Å². The number of benzene rings is 2. The Hall–Kier alpha value is -1.65. The van der Waals surface area contributed by atoms with Crippen molar-refractivity contribution in [1.82, 2.24) is 0 Å². The highest BCUT2D eigenvalue weighted by atomic mass is 32.2. The van der Waals surface area contributed by atoms with Gasteiger partial charge in [0.05, 0.1) is 0 Å². The molecule has 5 radical (unpaired) electrons. The maximum absolute atomic E-state index is 3.25. The average Bonchev–Trinajstić information content (AvgIpc) is 3.08. The molecule has 1 aliphatic carbocycles. The van der Waals surface area contributed by atoms with Crippen LogP contribution in [0.1, 0.15) is 37.5 Å². The summed E-state index contributed by atoms with van der Waals surface area (Å²) in [6.45, 7) is 6.68. The van der Waals surface area contributed by atoms with Crippen molar-refractivity contribution in [2.75, 3.05) is 0 Å². The van der Waals surface area contributed by atoms with Crippen molar-refractivity contribution in [1.29, 1.82) is 0 Å². The van der Waals surface area contributed by atoms with E-state index in [4.69, 9.17) is 0 Å². The molecule has 2 aromatic rings. The van der Waals surface area contributed by atoms with Crippen LogP contribution in [-0.2, 0) is 0 Å². The molecule has 1 fully saturated rings. The van der Waals surface area contributed by atoms with Gasteiger partial charge in [0.15, 0.2) is 0 Å². The van der Waals surface area contributed by atoms with Crippen molar-refractivity contribution in [2.24, 2.45) is 0 Å². The minimum absolute atomic E-state index is 0.233. The molecule has 1 heteroatoms. The van der Waals surface area contributed by atoms with Crippen LogP contribution in [0.4, 0.5) is 0 Å². The smallest absolute Gasteiger partial charge is 0.0249 e. The van der Waals surface area contributed by atoms with E-state index in [2.05, 4.69) is 107 Å². The highest BCUT2D eigenvalue weighted by Crippen LogP contribution is 2.32. The van der Waals surface area contributed by atoms with Gasteiger partial charge in [0.1, 0.15) is 0 Å². The van der Waals surface area contributed by atoms with Gasteiger partial charge in [-0.3, -0.25) is 0 Å². The molecule has 0 bridgehead atoms. The quantitative estimate of drug-likeness (QED) is 0.501. The van der Waals surface area contributed by atoms with Gasteiger partial charge in [-0.15, -0.1) is 11.8 Å². The fourth-order valence-corrected chi connectivity index (χ4v) is 3.40. The Balaban J connectivity index is 1.66. The maximum Gasteiger partial charge on any atom is 0.0249 e. The molecule has 0 spiro atoms. The standard InChI is InChI=1S/C23H21S/c1-23(2,3)24-22-16-12-19(13-17-22)9-8-18-10-14-21(15-11-18)20-6-4-5-7-20/h4-7,10-17H,1-3H3. The Bertz CT molecular complexity index is 715. The lowest BCUT2D eigenvalue weighted by molar-refractivity contribution is 0.803. The van der Waals surface area contributed by atoms with Crippen molar-refractivity contribution in [3.8, 4) is 11.8 Å². The summed E-state index contributed by atoms with van der Waals surface area (Å²) in [7, 11) is 0. The number of hydrogen-bond acceptors (Lipinski definition) is 1. The van der Waals surface area contributed by atoms with Crippen LogP contribution in [0.15, 0.2) is 53.4 Å². The number of rotatable bonds is 2. The Kier molecular flexibility index (Phi) is 5.36. The van der Waals surface area contributed by atoms with Gasteiger partial charge in [0.25, 0.3) is 0 Å². The van der Waals surface area contributed by atoms with Gasteiger partial charge >= 0.3 is 0 Å². The van der Waals surface area contributed by atoms with E-state index < -0.39 is 0 Å². The van der Waals surface area contributed by atoms with E-state index in [1.807, 2.05) is 11.8 Å². The average molecular weight is 329 g/mol. The van der Waals surface area contributed by atoms with E-state index >= 15 is 0 Å². The van der Waals surface area contributed by atoms with Gasteiger partial charge in [-0.2, -0.15) is 0 Å². The zero-order valence-corrected chi connectivity index (χ0v) is 15.2. The van der Waals surface area contributed by atoms with Gasteiger partial charge in [-0.05, 0) is 67.6 Å². The fraction of sp³-hybridized carbons (Fsp3) is 0.174. The van der Waals surface area contributed by atoms with Gasteiger partial charge in [-0.25, -0.2) is 0 Å². The second-order valence-electron chi connectivity index (χ2n) is 6.74. The summed E-state index contributed by atoms with van der Waals surface area (Å²) < 4.78 is 0.233. The molecule has 0 saturated heterocycles. The molecule has 0 unspecified atom stereocenters. The third-order valence-corrected chi connectivity index (χ3v) is 4.63. The van der Waals surface area contributed by atoms with Gasteiger partial charge in [0, 0.05) is 26.7 Å². The molecule has 0 heterocycles. The monoisotopic (exact) mass is 329 g/mol. The normalized spacial score (nSPS) is 15.1. The van der Waals surface area contributed by atoms with Gasteiger partial charge < -0.3 is 0 Å². The van der Waals surface area contributed by atoms with Gasteiger partial charge in [0.2, 0.25) is 0 Å². The summed E-state index contributed by atoms with van der Waals surface area (Å²) in [4.78, 5) is 1.28. The van der Waals surface area contributed by atoms with Crippen LogP contribution in [0.3, 0.4) is 0 Å². The summed E-state index contributed by atoms with van der Waals surface area (Å²) in [5, 5.41) is 0. The first-order valence-electron chi connectivity index (χ1n) is 8.13. The van der Waals surface area contributed by atoms with E-state index in [0.29, 0.717) is 0 Å². The number of thioether (sulfide) groups is 1. The minimum Gasteiger partial charge on any atom is -0.120 e. The van der Waals surface area contributed by atoms with E-state index in [-0.39, 0.29) is 4.75 Å². The molecular formula is C23H21S. The Labute approximate surface area is 151 Å². The van der Waals surface area contributed by atoms with E-state index in [1.54, 1.807) is 0 Å². The fourth-order valence-electron chi connectivity index (χ4n) is 2.42. The SMILES string of the molecule is CC(C)(C)Sc1ccc(C#Cc2ccc([C]3[CH][CH][CH][CH]3)cc2)cc1. The molecular weight excluding hydrogens is 308 g/mol. The van der Waals surface area contributed by atoms with Crippen molar-refractivity contribution < 1.29 is 0 Å². The maximum atomic E-state index is 3.25. The second kappa shape index (κ2) is 7.49. The predicted molar refractivity (Wildman–Crippen MR) is 104 cm³/mol. The molecule has 0 N–H and O–H groups in total. The van der Waals surface area contributed by atoms with Crippen LogP contribution in [0, 0.1) is 43.4 Å². The third kappa shape index (κ3) is 4.92. The van der Waals surface area contributed by atoms with Crippen LogP contribution in [0.2, 0.25) is 0 Å². The van der Waals surface area contributed by atoms with Crippen molar-refractivity contribution in [3.05, 3.63) is 96.8 Å².